The number of hydrogen-bond acceptors (Lipinski definition) is 6. The van der Waals surface area contributed by atoms with E-state index < -0.39 is 0 Å². The molecule has 2 heterocycles. The van der Waals surface area contributed by atoms with Crippen LogP contribution >= 0.6 is 11.8 Å². The van der Waals surface area contributed by atoms with Gasteiger partial charge in [0, 0.05) is 10.6 Å². The summed E-state index contributed by atoms with van der Waals surface area (Å²) in [5.41, 5.74) is 2.77. The first-order chi connectivity index (χ1) is 9.92. The molecule has 20 heavy (non-hydrogen) atoms. The number of hydrogen-bond donors (Lipinski definition) is 0. The minimum atomic E-state index is 0.732. The van der Waals surface area contributed by atoms with Gasteiger partial charge in [0.15, 0.2) is 0 Å². The molecule has 0 saturated heterocycles. The standard InChI is InChI=1S/C14H9N5S/c1-2-4-9(5-3-1)7-20-11-6-10-12(16-8-15-10)14-13(11)17-19-18-14/h1-6,8H,7H2. The lowest BCUT2D eigenvalue weighted by atomic mass is 10.2. The third kappa shape index (κ3) is 1.85. The van der Waals surface area contributed by atoms with Crippen LogP contribution in [0.15, 0.2) is 66.7 Å². The molecule has 0 aromatic heterocycles. The van der Waals surface area contributed by atoms with E-state index in [9.17, 15) is 0 Å². The molecule has 0 aliphatic carbocycles. The van der Waals surface area contributed by atoms with E-state index in [0.717, 1.165) is 32.7 Å². The molecule has 4 rings (SSSR count). The maximum Gasteiger partial charge on any atom is 0.144 e. The van der Waals surface area contributed by atoms with Crippen molar-refractivity contribution in [3.63, 3.8) is 0 Å². The van der Waals surface area contributed by atoms with Gasteiger partial charge >= 0.3 is 0 Å². The van der Waals surface area contributed by atoms with Gasteiger partial charge in [-0.1, -0.05) is 30.3 Å². The van der Waals surface area contributed by atoms with Crippen LogP contribution in [0.5, 0.6) is 0 Å². The van der Waals surface area contributed by atoms with E-state index >= 15 is 0 Å². The predicted octanol–water partition coefficient (Wildman–Crippen LogP) is 2.90. The number of aliphatic imine (C=N–C) groups is 1. The molecule has 0 saturated carbocycles. The van der Waals surface area contributed by atoms with Crippen molar-refractivity contribution in [2.45, 2.75) is 10.6 Å². The van der Waals surface area contributed by atoms with Gasteiger partial charge in [-0.15, -0.1) is 22.0 Å². The lowest BCUT2D eigenvalue weighted by molar-refractivity contribution is 1.07. The van der Waals surface area contributed by atoms with Crippen molar-refractivity contribution in [1.82, 2.24) is 0 Å². The van der Waals surface area contributed by atoms with Crippen LogP contribution < -0.4 is 10.7 Å². The Hall–Kier alpha value is -2.34. The minimum absolute atomic E-state index is 0.732. The Labute approximate surface area is 118 Å². The highest BCUT2D eigenvalue weighted by molar-refractivity contribution is 7.98. The molecule has 2 aliphatic heterocycles. The molecule has 0 bridgehead atoms. The van der Waals surface area contributed by atoms with Crippen molar-refractivity contribution in [2.75, 3.05) is 0 Å². The second-order valence-electron chi connectivity index (χ2n) is 4.38. The maximum atomic E-state index is 4.24. The van der Waals surface area contributed by atoms with Crippen LogP contribution in [-0.4, -0.2) is 6.34 Å². The molecular weight excluding hydrogens is 270 g/mol. The molecule has 0 fully saturated rings. The third-order valence-corrected chi connectivity index (χ3v) is 4.20. The molecule has 0 unspecified atom stereocenters. The summed E-state index contributed by atoms with van der Waals surface area (Å²) in [6.45, 7) is 0. The summed E-state index contributed by atoms with van der Waals surface area (Å²) >= 11 is 1.72. The first kappa shape index (κ1) is 11.5. The van der Waals surface area contributed by atoms with Crippen molar-refractivity contribution in [1.29, 1.82) is 0 Å². The Bertz CT molecular complexity index is 855. The van der Waals surface area contributed by atoms with Crippen molar-refractivity contribution in [3.05, 3.63) is 52.7 Å². The van der Waals surface area contributed by atoms with E-state index in [1.54, 1.807) is 18.1 Å². The van der Waals surface area contributed by atoms with Gasteiger partial charge in [0.2, 0.25) is 0 Å². The summed E-state index contributed by atoms with van der Waals surface area (Å²) < 4.78 is 0. The number of rotatable bonds is 3. The summed E-state index contributed by atoms with van der Waals surface area (Å²) in [6.07, 6.45) is 1.55. The lowest BCUT2D eigenvalue weighted by Crippen LogP contribution is -2.11. The zero-order chi connectivity index (χ0) is 13.4. The van der Waals surface area contributed by atoms with Crippen LogP contribution in [0.4, 0.5) is 11.4 Å². The highest BCUT2D eigenvalue weighted by Gasteiger charge is 2.17. The van der Waals surface area contributed by atoms with E-state index in [1.807, 2.05) is 24.3 Å². The fourth-order valence-electron chi connectivity index (χ4n) is 2.13. The molecule has 2 aliphatic rings. The zero-order valence-electron chi connectivity index (χ0n) is 10.4. The lowest BCUT2D eigenvalue weighted by Gasteiger charge is -2.03. The van der Waals surface area contributed by atoms with Gasteiger partial charge in [0.05, 0.1) is 5.36 Å². The van der Waals surface area contributed by atoms with Crippen LogP contribution in [-0.2, 0) is 5.75 Å². The molecule has 5 nitrogen and oxygen atoms in total. The van der Waals surface area contributed by atoms with Crippen LogP contribution in [0.25, 0.3) is 0 Å². The van der Waals surface area contributed by atoms with Gasteiger partial charge in [-0.3, -0.25) is 0 Å². The summed E-state index contributed by atoms with van der Waals surface area (Å²) in [5, 5.41) is 13.6. The normalized spacial score (nSPS) is 13.8. The third-order valence-electron chi connectivity index (χ3n) is 3.10. The summed E-state index contributed by atoms with van der Waals surface area (Å²) in [5.74, 6) is 0.877. The second-order valence-corrected chi connectivity index (χ2v) is 5.39. The Balaban J connectivity index is 1.73. The number of benzene rings is 2. The van der Waals surface area contributed by atoms with Crippen molar-refractivity contribution in [2.24, 2.45) is 25.4 Å². The summed E-state index contributed by atoms with van der Waals surface area (Å²) in [4.78, 5) is 9.50. The van der Waals surface area contributed by atoms with Gasteiger partial charge in [0.1, 0.15) is 23.1 Å². The molecule has 96 valence electrons. The van der Waals surface area contributed by atoms with Crippen LogP contribution in [0.3, 0.4) is 0 Å². The topological polar surface area (TPSA) is 61.8 Å². The molecule has 2 aromatic carbocycles. The fourth-order valence-corrected chi connectivity index (χ4v) is 3.12. The van der Waals surface area contributed by atoms with E-state index in [0.29, 0.717) is 0 Å². The number of thioether (sulfide) groups is 1. The molecule has 0 spiro atoms. The Morgan fingerprint density at radius 3 is 2.85 bits per heavy atom. The Kier molecular flexibility index (Phi) is 2.67. The molecule has 0 atom stereocenters. The monoisotopic (exact) mass is 279 g/mol. The van der Waals surface area contributed by atoms with E-state index in [-0.39, 0.29) is 0 Å². The van der Waals surface area contributed by atoms with E-state index in [2.05, 4.69) is 37.6 Å². The van der Waals surface area contributed by atoms with Gasteiger partial charge in [0.25, 0.3) is 0 Å². The summed E-state index contributed by atoms with van der Waals surface area (Å²) in [7, 11) is 0. The van der Waals surface area contributed by atoms with Crippen LogP contribution in [0.1, 0.15) is 5.56 Å². The number of nitrogens with zero attached hydrogens (tertiary/aromatic N) is 5. The average Bonchev–Trinajstić information content (AvgIpc) is 3.13. The number of fused-ring (bicyclic) bond motifs is 3. The highest BCUT2D eigenvalue weighted by Crippen LogP contribution is 2.29. The molecule has 6 heteroatoms. The zero-order valence-corrected chi connectivity index (χ0v) is 11.2. The first-order valence-corrected chi connectivity index (χ1v) is 7.13. The fraction of sp³-hybridized carbons (Fsp3) is 0.0714. The maximum absolute atomic E-state index is 4.24. The largest absolute Gasteiger partial charge is 0.235 e. The Morgan fingerprint density at radius 1 is 1.05 bits per heavy atom. The first-order valence-electron chi connectivity index (χ1n) is 6.15. The van der Waals surface area contributed by atoms with Gasteiger partial charge in [-0.05, 0) is 16.9 Å². The van der Waals surface area contributed by atoms with E-state index in [4.69, 9.17) is 0 Å². The smallest absolute Gasteiger partial charge is 0.144 e. The average molecular weight is 279 g/mol. The SMILES string of the molecule is C1=Nc2c3c(c(SCc4ccccc4)cc2=N1)=NN=N3. The summed E-state index contributed by atoms with van der Waals surface area (Å²) in [6, 6.07) is 12.3. The van der Waals surface area contributed by atoms with Gasteiger partial charge in [-0.2, -0.15) is 0 Å². The van der Waals surface area contributed by atoms with E-state index in [1.165, 1.54) is 5.56 Å². The molecule has 0 radical (unpaired) electrons. The van der Waals surface area contributed by atoms with Gasteiger partial charge < -0.3 is 0 Å². The molecule has 0 amide bonds. The molecule has 0 N–H and O–H groups in total. The predicted molar refractivity (Wildman–Crippen MR) is 77.4 cm³/mol. The molecular formula is C14H9N5S. The van der Waals surface area contributed by atoms with Gasteiger partial charge in [-0.25, -0.2) is 9.98 Å². The van der Waals surface area contributed by atoms with Crippen molar-refractivity contribution < 1.29 is 0 Å². The van der Waals surface area contributed by atoms with Crippen LogP contribution in [0, 0.1) is 0 Å². The highest BCUT2D eigenvalue weighted by atomic mass is 32.2. The molecule has 2 aromatic rings. The van der Waals surface area contributed by atoms with Crippen molar-refractivity contribution >= 4 is 29.5 Å². The van der Waals surface area contributed by atoms with Crippen molar-refractivity contribution in [3.8, 4) is 0 Å². The Morgan fingerprint density at radius 2 is 1.95 bits per heavy atom. The minimum Gasteiger partial charge on any atom is -0.235 e. The quantitative estimate of drug-likeness (QED) is 0.797. The second kappa shape index (κ2) is 4.64. The van der Waals surface area contributed by atoms with Crippen LogP contribution in [0.2, 0.25) is 0 Å².